The van der Waals surface area contributed by atoms with E-state index in [0.717, 1.165) is 5.56 Å². The number of nitrogens with one attached hydrogen (secondary N) is 1. The molecule has 0 atom stereocenters. The highest BCUT2D eigenvalue weighted by atomic mass is 32.2. The van der Waals surface area contributed by atoms with Crippen molar-refractivity contribution in [1.82, 2.24) is 23.8 Å². The van der Waals surface area contributed by atoms with Crippen LogP contribution in [0.3, 0.4) is 0 Å². The second kappa shape index (κ2) is 10.4. The van der Waals surface area contributed by atoms with E-state index in [1.54, 1.807) is 45.9 Å². The van der Waals surface area contributed by atoms with E-state index >= 15 is 0 Å². The summed E-state index contributed by atoms with van der Waals surface area (Å²) in [6.07, 6.45) is 1.76. The molecule has 0 aliphatic carbocycles. The standard InChI is InChI=1S/C23H32N6O4S/c1-7-28(8-2)22(30)15-33-21-13-20(29-23(26-21)19(14-24-29)16(3)4)25-17-9-11-18(12-10-17)34(31,32)27(5)6/h9-14,16,25H,7-8,15H2,1-6H3. The Hall–Kier alpha value is -3.18. The van der Waals surface area contributed by atoms with Crippen LogP contribution in [0.2, 0.25) is 0 Å². The molecule has 1 N–H and O–H groups in total. The van der Waals surface area contributed by atoms with Crippen molar-refractivity contribution in [3.8, 4) is 5.88 Å². The number of carbonyl (C=O) groups excluding carboxylic acids is 1. The van der Waals surface area contributed by atoms with Crippen molar-refractivity contribution < 1.29 is 17.9 Å². The van der Waals surface area contributed by atoms with Gasteiger partial charge in [-0.05, 0) is 44.0 Å². The summed E-state index contributed by atoms with van der Waals surface area (Å²) >= 11 is 0. The third kappa shape index (κ3) is 5.31. The smallest absolute Gasteiger partial charge is 0.260 e. The molecule has 0 aliphatic rings. The predicted molar refractivity (Wildman–Crippen MR) is 131 cm³/mol. The second-order valence-corrected chi connectivity index (χ2v) is 10.4. The molecule has 0 bridgehead atoms. The molecular formula is C23H32N6O4S. The number of benzene rings is 1. The van der Waals surface area contributed by atoms with Crippen LogP contribution in [0, 0.1) is 0 Å². The first-order valence-corrected chi connectivity index (χ1v) is 12.6. The highest BCUT2D eigenvalue weighted by Crippen LogP contribution is 2.27. The van der Waals surface area contributed by atoms with Gasteiger partial charge in [0.05, 0.1) is 11.1 Å². The van der Waals surface area contributed by atoms with E-state index in [0.29, 0.717) is 36.1 Å². The number of anilines is 2. The van der Waals surface area contributed by atoms with Crippen molar-refractivity contribution in [2.45, 2.75) is 38.5 Å². The van der Waals surface area contributed by atoms with Gasteiger partial charge in [0.15, 0.2) is 12.3 Å². The Morgan fingerprint density at radius 3 is 2.35 bits per heavy atom. The fraction of sp³-hybridized carbons (Fsp3) is 0.435. The molecule has 11 heteroatoms. The van der Waals surface area contributed by atoms with Gasteiger partial charge in [-0.3, -0.25) is 4.79 Å². The van der Waals surface area contributed by atoms with E-state index in [1.165, 1.54) is 18.4 Å². The fourth-order valence-corrected chi connectivity index (χ4v) is 4.30. The maximum Gasteiger partial charge on any atom is 0.260 e. The van der Waals surface area contributed by atoms with E-state index in [1.807, 2.05) is 27.7 Å². The lowest BCUT2D eigenvalue weighted by Crippen LogP contribution is -2.34. The SMILES string of the molecule is CCN(CC)C(=O)COc1cc(Nc2ccc(S(=O)(=O)N(C)C)cc2)n2ncc(C(C)C)c2n1. The molecular weight excluding hydrogens is 456 g/mol. The summed E-state index contributed by atoms with van der Waals surface area (Å²) < 4.78 is 33.3. The largest absolute Gasteiger partial charge is 0.467 e. The van der Waals surface area contributed by atoms with Crippen molar-refractivity contribution in [3.05, 3.63) is 42.1 Å². The monoisotopic (exact) mass is 488 g/mol. The Kier molecular flexibility index (Phi) is 7.78. The topological polar surface area (TPSA) is 109 Å². The maximum absolute atomic E-state index is 12.4. The zero-order valence-corrected chi connectivity index (χ0v) is 21.3. The van der Waals surface area contributed by atoms with Crippen molar-refractivity contribution in [2.24, 2.45) is 0 Å². The average Bonchev–Trinajstić information content (AvgIpc) is 3.23. The molecule has 34 heavy (non-hydrogen) atoms. The minimum atomic E-state index is -3.52. The van der Waals surface area contributed by atoms with Gasteiger partial charge in [0.25, 0.3) is 5.91 Å². The number of sulfonamides is 1. The van der Waals surface area contributed by atoms with Gasteiger partial charge in [-0.2, -0.15) is 14.6 Å². The van der Waals surface area contributed by atoms with Gasteiger partial charge in [0.2, 0.25) is 15.9 Å². The summed E-state index contributed by atoms with van der Waals surface area (Å²) in [4.78, 5) is 18.9. The Morgan fingerprint density at radius 1 is 1.15 bits per heavy atom. The molecule has 0 radical (unpaired) electrons. The predicted octanol–water partition coefficient (Wildman–Crippen LogP) is 3.09. The molecule has 0 unspecified atom stereocenters. The molecule has 0 spiro atoms. The van der Waals surface area contributed by atoms with Crippen molar-refractivity contribution in [3.63, 3.8) is 0 Å². The van der Waals surface area contributed by atoms with E-state index in [2.05, 4.69) is 15.4 Å². The van der Waals surface area contributed by atoms with Crippen LogP contribution >= 0.6 is 0 Å². The molecule has 2 heterocycles. The maximum atomic E-state index is 12.4. The fourth-order valence-electron chi connectivity index (χ4n) is 3.40. The van der Waals surface area contributed by atoms with E-state index < -0.39 is 10.0 Å². The average molecular weight is 489 g/mol. The lowest BCUT2D eigenvalue weighted by Gasteiger charge is -2.19. The summed E-state index contributed by atoms with van der Waals surface area (Å²) in [5.41, 5.74) is 2.23. The van der Waals surface area contributed by atoms with Gasteiger partial charge in [-0.15, -0.1) is 0 Å². The van der Waals surface area contributed by atoms with Gasteiger partial charge in [-0.1, -0.05) is 13.8 Å². The molecule has 2 aromatic heterocycles. The zero-order valence-electron chi connectivity index (χ0n) is 20.4. The molecule has 0 saturated carbocycles. The van der Waals surface area contributed by atoms with Crippen LogP contribution in [0.4, 0.5) is 11.5 Å². The van der Waals surface area contributed by atoms with Gasteiger partial charge < -0.3 is 15.0 Å². The number of amides is 1. The minimum Gasteiger partial charge on any atom is -0.467 e. The normalized spacial score (nSPS) is 11.9. The van der Waals surface area contributed by atoms with E-state index in [4.69, 9.17) is 4.74 Å². The Bertz CT molecular complexity index is 1250. The first kappa shape index (κ1) is 25.4. The number of rotatable bonds is 10. The molecule has 10 nitrogen and oxygen atoms in total. The number of fused-ring (bicyclic) bond motifs is 1. The van der Waals surface area contributed by atoms with Crippen molar-refractivity contribution in [2.75, 3.05) is 39.1 Å². The summed E-state index contributed by atoms with van der Waals surface area (Å²) in [5.74, 6) is 0.938. The number of hydrogen-bond acceptors (Lipinski definition) is 7. The van der Waals surface area contributed by atoms with Gasteiger partial charge >= 0.3 is 0 Å². The third-order valence-electron chi connectivity index (χ3n) is 5.46. The number of carbonyl (C=O) groups is 1. The molecule has 0 fully saturated rings. The van der Waals surface area contributed by atoms with Crippen LogP contribution in [0.5, 0.6) is 5.88 Å². The van der Waals surface area contributed by atoms with Gasteiger partial charge in [0, 0.05) is 44.5 Å². The van der Waals surface area contributed by atoms with Crippen LogP contribution in [-0.4, -0.2) is 71.9 Å². The highest BCUT2D eigenvalue weighted by Gasteiger charge is 2.18. The lowest BCUT2D eigenvalue weighted by atomic mass is 10.1. The second-order valence-electron chi connectivity index (χ2n) is 8.26. The number of likely N-dealkylation sites (N-methyl/N-ethyl adjacent to an activating group) is 1. The van der Waals surface area contributed by atoms with Crippen LogP contribution in [0.1, 0.15) is 39.2 Å². The number of aromatic nitrogens is 3. The minimum absolute atomic E-state index is 0.114. The van der Waals surface area contributed by atoms with Crippen LogP contribution in [0.15, 0.2) is 41.4 Å². The highest BCUT2D eigenvalue weighted by molar-refractivity contribution is 7.89. The zero-order chi connectivity index (χ0) is 25.0. The number of hydrogen-bond donors (Lipinski definition) is 1. The van der Waals surface area contributed by atoms with Crippen LogP contribution in [0.25, 0.3) is 5.65 Å². The number of nitrogens with zero attached hydrogens (tertiary/aromatic N) is 5. The summed E-state index contributed by atoms with van der Waals surface area (Å²) in [6, 6.07) is 8.11. The first-order valence-electron chi connectivity index (χ1n) is 11.2. The van der Waals surface area contributed by atoms with Gasteiger partial charge in [0.1, 0.15) is 5.82 Å². The Balaban J connectivity index is 1.94. The van der Waals surface area contributed by atoms with Crippen molar-refractivity contribution >= 4 is 33.1 Å². The Morgan fingerprint density at radius 2 is 1.79 bits per heavy atom. The molecule has 184 valence electrons. The Labute approximate surface area is 200 Å². The molecule has 3 rings (SSSR count). The van der Waals surface area contributed by atoms with Crippen LogP contribution in [-0.2, 0) is 14.8 Å². The molecule has 3 aromatic rings. The van der Waals surface area contributed by atoms with Crippen LogP contribution < -0.4 is 10.1 Å². The molecule has 1 aromatic carbocycles. The summed E-state index contributed by atoms with van der Waals surface area (Å²) in [7, 11) is -0.536. The molecule has 0 saturated heterocycles. The molecule has 1 amide bonds. The quantitative estimate of drug-likeness (QED) is 0.467. The van der Waals surface area contributed by atoms with Gasteiger partial charge in [-0.25, -0.2) is 12.7 Å². The first-order chi connectivity index (χ1) is 16.1. The summed E-state index contributed by atoms with van der Waals surface area (Å²) in [5, 5.41) is 7.72. The van der Waals surface area contributed by atoms with E-state index in [-0.39, 0.29) is 23.3 Å². The third-order valence-corrected chi connectivity index (χ3v) is 7.29. The van der Waals surface area contributed by atoms with E-state index in [9.17, 15) is 13.2 Å². The lowest BCUT2D eigenvalue weighted by molar-refractivity contribution is -0.133. The summed E-state index contributed by atoms with van der Waals surface area (Å²) in [6.45, 7) is 9.04. The molecule has 0 aliphatic heterocycles. The van der Waals surface area contributed by atoms with Crippen molar-refractivity contribution in [1.29, 1.82) is 0 Å². The number of ether oxygens (including phenoxy) is 1.